The van der Waals surface area contributed by atoms with Crippen molar-refractivity contribution in [1.82, 2.24) is 14.5 Å². The molecule has 0 N–H and O–H groups in total. The van der Waals surface area contributed by atoms with Gasteiger partial charge in [0.2, 0.25) is 0 Å². The molecule has 134 valence electrons. The lowest BCUT2D eigenvalue weighted by atomic mass is 10.1. The van der Waals surface area contributed by atoms with Crippen molar-refractivity contribution in [1.29, 1.82) is 0 Å². The summed E-state index contributed by atoms with van der Waals surface area (Å²) in [5, 5.41) is -0.157. The minimum Gasteiger partial charge on any atom is -0.303 e. The summed E-state index contributed by atoms with van der Waals surface area (Å²) in [7, 11) is 0. The van der Waals surface area contributed by atoms with Gasteiger partial charge in [-0.05, 0) is 30.2 Å². The molecule has 0 atom stereocenters. The van der Waals surface area contributed by atoms with E-state index in [0.29, 0.717) is 5.69 Å². The molecule has 0 aliphatic rings. The Morgan fingerprint density at radius 1 is 1.12 bits per heavy atom. The number of aromatic nitrogens is 3. The van der Waals surface area contributed by atoms with Gasteiger partial charge in [0.25, 0.3) is 5.56 Å². The second-order valence-electron chi connectivity index (χ2n) is 6.22. The lowest BCUT2D eigenvalue weighted by Crippen LogP contribution is -2.28. The fourth-order valence-electron chi connectivity index (χ4n) is 2.71. The van der Waals surface area contributed by atoms with Crippen LogP contribution < -0.4 is 5.56 Å². The van der Waals surface area contributed by atoms with E-state index in [9.17, 15) is 13.6 Å². The van der Waals surface area contributed by atoms with E-state index in [-0.39, 0.29) is 34.6 Å². The average molecular weight is 376 g/mol. The van der Waals surface area contributed by atoms with Gasteiger partial charge in [0.1, 0.15) is 11.6 Å². The minimum absolute atomic E-state index is 0.0383. The Hall–Kier alpha value is -2.60. The van der Waals surface area contributed by atoms with Crippen LogP contribution in [0.15, 0.2) is 47.4 Å². The summed E-state index contributed by atoms with van der Waals surface area (Å²) in [5.41, 5.74) is -0.551. The van der Waals surface area contributed by atoms with Gasteiger partial charge in [-0.15, -0.1) is 0 Å². The van der Waals surface area contributed by atoms with E-state index in [1.165, 1.54) is 16.8 Å². The maximum atomic E-state index is 14.3. The number of hydrogen-bond acceptors (Lipinski definition) is 3. The molecule has 2 aromatic heterocycles. The van der Waals surface area contributed by atoms with Crippen molar-refractivity contribution in [3.63, 3.8) is 0 Å². The van der Waals surface area contributed by atoms with Crippen LogP contribution in [0.3, 0.4) is 0 Å². The lowest BCUT2D eigenvalue weighted by Gasteiger charge is -2.18. The first-order chi connectivity index (χ1) is 12.4. The molecular formula is C19H16ClF2N3O. The van der Waals surface area contributed by atoms with Gasteiger partial charge in [0, 0.05) is 12.7 Å². The van der Waals surface area contributed by atoms with Gasteiger partial charge in [-0.2, -0.15) is 0 Å². The Labute approximate surface area is 154 Å². The number of hydrogen-bond donors (Lipinski definition) is 0. The first kappa shape index (κ1) is 18.2. The van der Waals surface area contributed by atoms with E-state index in [4.69, 9.17) is 11.6 Å². The SMILES string of the molecule is CC(C)Cn1c(-c2c(F)cccc2F)c(Cl)nc(-c2ccccn2)c1=O. The van der Waals surface area contributed by atoms with Crippen LogP contribution in [0.2, 0.25) is 5.15 Å². The maximum absolute atomic E-state index is 14.3. The van der Waals surface area contributed by atoms with E-state index in [1.807, 2.05) is 13.8 Å². The van der Waals surface area contributed by atoms with Crippen LogP contribution in [0.4, 0.5) is 8.78 Å². The largest absolute Gasteiger partial charge is 0.303 e. The highest BCUT2D eigenvalue weighted by molar-refractivity contribution is 6.32. The van der Waals surface area contributed by atoms with Gasteiger partial charge in [-0.25, -0.2) is 13.8 Å². The lowest BCUT2D eigenvalue weighted by molar-refractivity contribution is 0.509. The van der Waals surface area contributed by atoms with E-state index < -0.39 is 17.2 Å². The summed E-state index contributed by atoms with van der Waals surface area (Å²) in [4.78, 5) is 21.3. The first-order valence-corrected chi connectivity index (χ1v) is 8.44. The van der Waals surface area contributed by atoms with Crippen molar-refractivity contribution >= 4 is 11.6 Å². The third kappa shape index (κ3) is 3.37. The van der Waals surface area contributed by atoms with E-state index in [0.717, 1.165) is 12.1 Å². The Morgan fingerprint density at radius 2 is 1.81 bits per heavy atom. The predicted octanol–water partition coefficient (Wildman–Crippen LogP) is 4.56. The molecule has 0 saturated carbocycles. The monoisotopic (exact) mass is 375 g/mol. The van der Waals surface area contributed by atoms with Crippen molar-refractivity contribution in [3.05, 3.63) is 69.7 Å². The molecule has 26 heavy (non-hydrogen) atoms. The molecule has 7 heteroatoms. The fraction of sp³-hybridized carbons (Fsp3) is 0.211. The van der Waals surface area contributed by atoms with Gasteiger partial charge in [0.05, 0.1) is 17.0 Å². The Bertz CT molecular complexity index is 983. The van der Waals surface area contributed by atoms with Crippen molar-refractivity contribution in [2.75, 3.05) is 0 Å². The summed E-state index contributed by atoms with van der Waals surface area (Å²) in [6, 6.07) is 8.54. The second kappa shape index (κ2) is 7.33. The third-order valence-corrected chi connectivity index (χ3v) is 4.04. The van der Waals surface area contributed by atoms with Crippen molar-refractivity contribution < 1.29 is 8.78 Å². The average Bonchev–Trinajstić information content (AvgIpc) is 2.60. The summed E-state index contributed by atoms with van der Waals surface area (Å²) in [6.45, 7) is 4.01. The molecule has 3 rings (SSSR count). The Morgan fingerprint density at radius 3 is 2.38 bits per heavy atom. The molecular weight excluding hydrogens is 360 g/mol. The zero-order chi connectivity index (χ0) is 18.8. The third-order valence-electron chi connectivity index (χ3n) is 3.78. The van der Waals surface area contributed by atoms with Crippen LogP contribution in [0, 0.1) is 17.6 Å². The zero-order valence-corrected chi connectivity index (χ0v) is 15.0. The molecule has 0 saturated heterocycles. The number of benzene rings is 1. The normalized spacial score (nSPS) is 11.2. The summed E-state index contributed by atoms with van der Waals surface area (Å²) in [6.07, 6.45) is 1.53. The number of rotatable bonds is 4. The topological polar surface area (TPSA) is 47.8 Å². The summed E-state index contributed by atoms with van der Waals surface area (Å²) < 4.78 is 29.9. The van der Waals surface area contributed by atoms with Crippen LogP contribution in [-0.2, 0) is 6.54 Å². The highest BCUT2D eigenvalue weighted by Crippen LogP contribution is 2.31. The minimum atomic E-state index is -0.809. The van der Waals surface area contributed by atoms with Gasteiger partial charge in [0.15, 0.2) is 10.8 Å². The van der Waals surface area contributed by atoms with Crippen molar-refractivity contribution in [2.45, 2.75) is 20.4 Å². The highest BCUT2D eigenvalue weighted by atomic mass is 35.5. The molecule has 0 fully saturated rings. The molecule has 0 radical (unpaired) electrons. The first-order valence-electron chi connectivity index (χ1n) is 8.06. The van der Waals surface area contributed by atoms with Crippen molar-refractivity contribution in [3.8, 4) is 22.6 Å². The second-order valence-corrected chi connectivity index (χ2v) is 6.58. The quantitative estimate of drug-likeness (QED) is 0.671. The molecule has 0 amide bonds. The van der Waals surface area contributed by atoms with Gasteiger partial charge in [-0.3, -0.25) is 9.78 Å². The Balaban J connectivity index is 2.36. The molecule has 0 aliphatic heterocycles. The van der Waals surface area contributed by atoms with Crippen LogP contribution in [0.1, 0.15) is 13.8 Å². The standard InChI is InChI=1S/C19H16ClF2N3O/c1-11(2)10-25-17(15-12(21)6-5-7-13(15)22)18(20)24-16(19(25)26)14-8-3-4-9-23-14/h3-9,11H,10H2,1-2H3. The zero-order valence-electron chi connectivity index (χ0n) is 14.2. The van der Waals surface area contributed by atoms with E-state index >= 15 is 0 Å². The molecule has 0 aliphatic carbocycles. The summed E-state index contributed by atoms with van der Waals surface area (Å²) in [5.74, 6) is -1.58. The molecule has 0 bridgehead atoms. The number of pyridine rings is 1. The van der Waals surface area contributed by atoms with Crippen LogP contribution in [0.25, 0.3) is 22.6 Å². The summed E-state index contributed by atoms with van der Waals surface area (Å²) >= 11 is 6.29. The van der Waals surface area contributed by atoms with Crippen molar-refractivity contribution in [2.24, 2.45) is 5.92 Å². The number of nitrogens with zero attached hydrogens (tertiary/aromatic N) is 3. The molecule has 3 aromatic rings. The highest BCUT2D eigenvalue weighted by Gasteiger charge is 2.23. The van der Waals surface area contributed by atoms with Gasteiger partial charge < -0.3 is 4.57 Å². The van der Waals surface area contributed by atoms with E-state index in [1.54, 1.807) is 18.2 Å². The van der Waals surface area contributed by atoms with Gasteiger partial charge >= 0.3 is 0 Å². The van der Waals surface area contributed by atoms with Gasteiger partial charge in [-0.1, -0.05) is 37.6 Å². The molecule has 0 spiro atoms. The smallest absolute Gasteiger partial charge is 0.279 e. The van der Waals surface area contributed by atoms with Crippen LogP contribution in [0.5, 0.6) is 0 Å². The van der Waals surface area contributed by atoms with E-state index in [2.05, 4.69) is 9.97 Å². The molecule has 0 unspecified atom stereocenters. The molecule has 4 nitrogen and oxygen atoms in total. The molecule has 2 heterocycles. The maximum Gasteiger partial charge on any atom is 0.279 e. The van der Waals surface area contributed by atoms with Crippen LogP contribution >= 0.6 is 11.6 Å². The predicted molar refractivity (Wildman–Crippen MR) is 96.9 cm³/mol. The molecule has 1 aromatic carbocycles. The fourth-order valence-corrected chi connectivity index (χ4v) is 2.99. The van der Waals surface area contributed by atoms with Crippen LogP contribution in [-0.4, -0.2) is 14.5 Å². The number of halogens is 3. The Kier molecular flexibility index (Phi) is 5.13.